The fourth-order valence-electron chi connectivity index (χ4n) is 4.80. The molecule has 1 N–H and O–H groups in total. The van der Waals surface area contributed by atoms with E-state index in [0.717, 1.165) is 28.8 Å². The summed E-state index contributed by atoms with van der Waals surface area (Å²) >= 11 is 0. The summed E-state index contributed by atoms with van der Waals surface area (Å²) in [5.41, 5.74) is 7.90. The summed E-state index contributed by atoms with van der Waals surface area (Å²) in [7, 11) is 0. The Kier molecular flexibility index (Phi) is 7.49. The number of fused-ring (bicyclic) bond motifs is 1. The minimum Gasteiger partial charge on any atom is -0.491 e. The molecule has 4 heteroatoms. The van der Waals surface area contributed by atoms with Crippen LogP contribution in [0.25, 0.3) is 10.9 Å². The number of hydrogen-bond donors (Lipinski definition) is 1. The second-order valence-corrected chi connectivity index (χ2v) is 11.4. The summed E-state index contributed by atoms with van der Waals surface area (Å²) in [5, 5.41) is 4.29. The zero-order chi connectivity index (χ0) is 26.9. The van der Waals surface area contributed by atoms with E-state index in [9.17, 15) is 4.79 Å². The standard InChI is InChI=1S/C33H40N2O2/c1-21(2)37-29-11-9-10-25(18-29)20-35-24(5)22(3)30-19-27(14-17-31(30)35)32(36)34-23(4)26-12-15-28(16-13-26)33(6,7)8/h9-19,21,23H,20H2,1-8H3,(H,34,36). The van der Waals surface area contributed by atoms with Gasteiger partial charge >= 0.3 is 0 Å². The van der Waals surface area contributed by atoms with Gasteiger partial charge in [-0.3, -0.25) is 4.79 Å². The van der Waals surface area contributed by atoms with E-state index in [0.29, 0.717) is 5.56 Å². The van der Waals surface area contributed by atoms with Crippen molar-refractivity contribution in [2.45, 2.75) is 79.5 Å². The second-order valence-electron chi connectivity index (χ2n) is 11.4. The molecule has 4 nitrogen and oxygen atoms in total. The van der Waals surface area contributed by atoms with E-state index in [-0.39, 0.29) is 23.5 Å². The molecule has 1 aromatic heterocycles. The van der Waals surface area contributed by atoms with Crippen LogP contribution in [0.4, 0.5) is 0 Å². The maximum atomic E-state index is 13.2. The van der Waals surface area contributed by atoms with E-state index < -0.39 is 0 Å². The van der Waals surface area contributed by atoms with Gasteiger partial charge in [0.25, 0.3) is 5.91 Å². The van der Waals surface area contributed by atoms with Crippen LogP contribution in [-0.4, -0.2) is 16.6 Å². The highest BCUT2D eigenvalue weighted by Gasteiger charge is 2.18. The Morgan fingerprint density at radius 3 is 2.30 bits per heavy atom. The van der Waals surface area contributed by atoms with Gasteiger partial charge in [0.2, 0.25) is 0 Å². The Bertz CT molecular complexity index is 1410. The SMILES string of the molecule is Cc1c(C)n(Cc2cccc(OC(C)C)c2)c2ccc(C(=O)NC(C)c3ccc(C(C)(C)C)cc3)cc12. The van der Waals surface area contributed by atoms with Gasteiger partial charge in [0.15, 0.2) is 0 Å². The predicted octanol–water partition coefficient (Wildman–Crippen LogP) is 7.88. The van der Waals surface area contributed by atoms with Crippen molar-refractivity contribution in [3.63, 3.8) is 0 Å². The lowest BCUT2D eigenvalue weighted by Gasteiger charge is -2.21. The summed E-state index contributed by atoms with van der Waals surface area (Å²) in [6.45, 7) is 17.8. The van der Waals surface area contributed by atoms with E-state index in [4.69, 9.17) is 4.74 Å². The number of nitrogens with one attached hydrogen (secondary N) is 1. The summed E-state index contributed by atoms with van der Waals surface area (Å²) in [6, 6.07) is 22.8. The lowest BCUT2D eigenvalue weighted by atomic mass is 9.86. The lowest BCUT2D eigenvalue weighted by Crippen LogP contribution is -2.26. The van der Waals surface area contributed by atoms with Crippen molar-refractivity contribution >= 4 is 16.8 Å². The molecule has 0 fully saturated rings. The van der Waals surface area contributed by atoms with Crippen LogP contribution in [0.5, 0.6) is 5.75 Å². The van der Waals surface area contributed by atoms with E-state index in [1.54, 1.807) is 0 Å². The summed E-state index contributed by atoms with van der Waals surface area (Å²) in [5.74, 6) is 0.831. The average molecular weight is 497 g/mol. The van der Waals surface area contributed by atoms with Crippen molar-refractivity contribution in [2.75, 3.05) is 0 Å². The van der Waals surface area contributed by atoms with Gasteiger partial charge in [0.1, 0.15) is 5.75 Å². The van der Waals surface area contributed by atoms with Crippen LogP contribution in [0, 0.1) is 13.8 Å². The number of benzene rings is 3. The van der Waals surface area contributed by atoms with Crippen LogP contribution in [0.15, 0.2) is 66.7 Å². The van der Waals surface area contributed by atoms with Gasteiger partial charge in [0, 0.05) is 28.7 Å². The molecule has 0 radical (unpaired) electrons. The maximum absolute atomic E-state index is 13.2. The van der Waals surface area contributed by atoms with Crippen LogP contribution in [0.3, 0.4) is 0 Å². The monoisotopic (exact) mass is 496 g/mol. The van der Waals surface area contributed by atoms with Crippen molar-refractivity contribution in [3.05, 3.63) is 100 Å². The molecule has 0 saturated heterocycles. The molecule has 0 spiro atoms. The van der Waals surface area contributed by atoms with Gasteiger partial charge in [-0.05, 0) is 92.6 Å². The molecule has 1 atom stereocenters. The van der Waals surface area contributed by atoms with Gasteiger partial charge in [-0.25, -0.2) is 0 Å². The third-order valence-electron chi connectivity index (χ3n) is 7.14. The molecule has 0 saturated carbocycles. The normalized spacial score (nSPS) is 12.7. The van der Waals surface area contributed by atoms with Gasteiger partial charge in [-0.1, -0.05) is 57.2 Å². The lowest BCUT2D eigenvalue weighted by molar-refractivity contribution is 0.0940. The number of amides is 1. The topological polar surface area (TPSA) is 43.3 Å². The molecule has 0 bridgehead atoms. The Labute approximate surface area is 221 Å². The molecule has 1 amide bonds. The number of aryl methyl sites for hydroxylation is 1. The first-order valence-corrected chi connectivity index (χ1v) is 13.2. The van der Waals surface area contributed by atoms with Crippen molar-refractivity contribution in [2.24, 2.45) is 0 Å². The minimum absolute atomic E-state index is 0.0577. The number of rotatable bonds is 7. The van der Waals surface area contributed by atoms with Crippen molar-refractivity contribution in [3.8, 4) is 5.75 Å². The molecule has 194 valence electrons. The number of hydrogen-bond acceptors (Lipinski definition) is 2. The van der Waals surface area contributed by atoms with E-state index in [1.807, 2.05) is 45.0 Å². The highest BCUT2D eigenvalue weighted by molar-refractivity contribution is 5.99. The molecular formula is C33H40N2O2. The van der Waals surface area contributed by atoms with Crippen LogP contribution in [0.1, 0.15) is 85.9 Å². The molecular weight excluding hydrogens is 456 g/mol. The smallest absolute Gasteiger partial charge is 0.251 e. The Balaban J connectivity index is 1.55. The first kappa shape index (κ1) is 26.5. The number of carbonyl (C=O) groups excluding carboxylic acids is 1. The molecule has 4 rings (SSSR count). The van der Waals surface area contributed by atoms with Crippen LogP contribution in [-0.2, 0) is 12.0 Å². The van der Waals surface area contributed by atoms with Gasteiger partial charge in [0.05, 0.1) is 12.1 Å². The summed E-state index contributed by atoms with van der Waals surface area (Å²) in [6.07, 6.45) is 0.141. The molecule has 0 aliphatic rings. The molecule has 3 aromatic carbocycles. The molecule has 37 heavy (non-hydrogen) atoms. The molecule has 0 aliphatic heterocycles. The number of aromatic nitrogens is 1. The highest BCUT2D eigenvalue weighted by atomic mass is 16.5. The van der Waals surface area contributed by atoms with Gasteiger partial charge < -0.3 is 14.6 Å². The third kappa shape index (κ3) is 5.90. The number of ether oxygens (including phenoxy) is 1. The van der Waals surface area contributed by atoms with Crippen molar-refractivity contribution < 1.29 is 9.53 Å². The molecule has 1 heterocycles. The first-order valence-electron chi connectivity index (χ1n) is 13.2. The van der Waals surface area contributed by atoms with Crippen LogP contribution >= 0.6 is 0 Å². The Morgan fingerprint density at radius 1 is 0.946 bits per heavy atom. The Hall–Kier alpha value is -3.53. The fraction of sp³-hybridized carbons (Fsp3) is 0.364. The molecule has 4 aromatic rings. The largest absolute Gasteiger partial charge is 0.491 e. The zero-order valence-corrected chi connectivity index (χ0v) is 23.5. The van der Waals surface area contributed by atoms with Crippen molar-refractivity contribution in [1.29, 1.82) is 0 Å². The molecule has 0 aliphatic carbocycles. The number of nitrogens with zero attached hydrogens (tertiary/aromatic N) is 1. The van der Waals surface area contributed by atoms with Crippen LogP contribution < -0.4 is 10.1 Å². The van der Waals surface area contributed by atoms with Gasteiger partial charge in [-0.15, -0.1) is 0 Å². The average Bonchev–Trinajstić information content (AvgIpc) is 3.07. The van der Waals surface area contributed by atoms with Crippen molar-refractivity contribution in [1.82, 2.24) is 9.88 Å². The summed E-state index contributed by atoms with van der Waals surface area (Å²) in [4.78, 5) is 13.2. The molecule has 1 unspecified atom stereocenters. The third-order valence-corrected chi connectivity index (χ3v) is 7.14. The quantitative estimate of drug-likeness (QED) is 0.283. The summed E-state index contributed by atoms with van der Waals surface area (Å²) < 4.78 is 8.21. The maximum Gasteiger partial charge on any atom is 0.251 e. The van der Waals surface area contributed by atoms with Crippen LogP contribution in [0.2, 0.25) is 0 Å². The zero-order valence-electron chi connectivity index (χ0n) is 23.5. The van der Waals surface area contributed by atoms with E-state index >= 15 is 0 Å². The van der Waals surface area contributed by atoms with E-state index in [1.165, 1.54) is 22.4 Å². The van der Waals surface area contributed by atoms with E-state index in [2.05, 4.69) is 87.0 Å². The minimum atomic E-state index is -0.0787. The first-order chi connectivity index (χ1) is 17.4. The number of carbonyl (C=O) groups is 1. The highest BCUT2D eigenvalue weighted by Crippen LogP contribution is 2.29. The van der Waals surface area contributed by atoms with Gasteiger partial charge in [-0.2, -0.15) is 0 Å². The predicted molar refractivity (Wildman–Crippen MR) is 154 cm³/mol. The fourth-order valence-corrected chi connectivity index (χ4v) is 4.80. The second kappa shape index (κ2) is 10.5. The Morgan fingerprint density at radius 2 is 1.65 bits per heavy atom.